The van der Waals surface area contributed by atoms with Crippen LogP contribution in [0, 0.1) is 17.8 Å². The van der Waals surface area contributed by atoms with Gasteiger partial charge in [-0.3, -0.25) is 9.59 Å². The molecule has 41 heavy (non-hydrogen) atoms. The van der Waals surface area contributed by atoms with Crippen LogP contribution in [0.4, 0.5) is 0 Å². The van der Waals surface area contributed by atoms with E-state index >= 15 is 0 Å². The van der Waals surface area contributed by atoms with Crippen molar-refractivity contribution in [3.05, 3.63) is 31.9 Å². The molecule has 0 radical (unpaired) electrons. The van der Waals surface area contributed by atoms with E-state index in [1.165, 1.54) is 20.3 Å². The first-order valence-corrected chi connectivity index (χ1v) is 13.4. The number of hydrogen-bond acceptors (Lipinski definition) is 10. The summed E-state index contributed by atoms with van der Waals surface area (Å²) in [6.07, 6.45) is 1.92. The number of esters is 2. The average Bonchev–Trinajstić information content (AvgIpc) is 3.49. The molecule has 1 heterocycles. The maximum absolute atomic E-state index is 13.5. The molecule has 1 aromatic rings. The van der Waals surface area contributed by atoms with Crippen molar-refractivity contribution in [1.29, 1.82) is 0 Å². The molecule has 0 aliphatic heterocycles. The highest BCUT2D eigenvalue weighted by molar-refractivity contribution is 5.94. The second-order valence-corrected chi connectivity index (χ2v) is 9.92. The minimum atomic E-state index is -1.17. The van der Waals surface area contributed by atoms with Crippen molar-refractivity contribution in [1.82, 2.24) is 15.3 Å². The van der Waals surface area contributed by atoms with Crippen molar-refractivity contribution >= 4 is 17.8 Å². The van der Waals surface area contributed by atoms with E-state index in [9.17, 15) is 14.4 Å². The van der Waals surface area contributed by atoms with Crippen LogP contribution < -0.4 is 19.5 Å². The third-order valence-corrected chi connectivity index (χ3v) is 6.19. The molecule has 1 aromatic heterocycles. The van der Waals surface area contributed by atoms with Crippen LogP contribution in [0.3, 0.4) is 0 Å². The van der Waals surface area contributed by atoms with E-state index in [1.54, 1.807) is 33.8 Å². The first-order chi connectivity index (χ1) is 19.0. The van der Waals surface area contributed by atoms with Gasteiger partial charge in [-0.2, -0.15) is 9.97 Å². The molecule has 3 N–H and O–H groups in total. The van der Waals surface area contributed by atoms with Crippen LogP contribution in [0.2, 0.25) is 0 Å². The van der Waals surface area contributed by atoms with Gasteiger partial charge in [0, 0.05) is 7.34 Å². The van der Waals surface area contributed by atoms with Gasteiger partial charge in [-0.25, -0.2) is 4.79 Å². The average molecular weight is 584 g/mol. The lowest BCUT2D eigenvalue weighted by molar-refractivity contribution is -0.163. The van der Waals surface area contributed by atoms with Gasteiger partial charge >= 0.3 is 17.9 Å². The minimum absolute atomic E-state index is 0. The maximum Gasteiger partial charge on any atom is 0.332 e. The van der Waals surface area contributed by atoms with E-state index < -0.39 is 46.9 Å². The van der Waals surface area contributed by atoms with Gasteiger partial charge in [-0.15, -0.1) is 19.7 Å². The number of carbonyl (C=O) groups excluding carboxylic acids is 3. The summed E-state index contributed by atoms with van der Waals surface area (Å²) in [5.74, 6) is -2.83. The molecule has 12 heteroatoms. The second kappa shape index (κ2) is 16.6. The molecule has 5 atom stereocenters. The zero-order valence-corrected chi connectivity index (χ0v) is 25.6. The Bertz CT molecular complexity index is 1010. The molecular formula is C29H49N3O9. The van der Waals surface area contributed by atoms with E-state index in [2.05, 4.69) is 35.0 Å². The normalized spacial score (nSPS) is 23.9. The molecule has 2 aliphatic rings. The molecule has 0 unspecified atom stereocenters. The van der Waals surface area contributed by atoms with Crippen molar-refractivity contribution < 1.29 is 45.0 Å². The zero-order chi connectivity index (χ0) is 30.7. The Morgan fingerprint density at radius 1 is 1.10 bits per heavy atom. The summed E-state index contributed by atoms with van der Waals surface area (Å²) < 4.78 is 27.1. The third-order valence-electron chi connectivity index (χ3n) is 6.19. The third kappa shape index (κ3) is 9.73. The number of ether oxygens (including phenoxy) is 5. The fourth-order valence-electron chi connectivity index (χ4n) is 4.40. The number of nitrogens with one attached hydrogen (secondary N) is 1. The van der Waals surface area contributed by atoms with Crippen LogP contribution in [0.1, 0.15) is 62.2 Å². The van der Waals surface area contributed by atoms with Crippen molar-refractivity contribution in [2.24, 2.45) is 17.8 Å². The number of nitrogens with zero attached hydrogens (tertiary/aromatic N) is 2. The lowest BCUT2D eigenvalue weighted by atomic mass is 9.94. The van der Waals surface area contributed by atoms with Crippen LogP contribution >= 0.6 is 0 Å². The van der Waals surface area contributed by atoms with Gasteiger partial charge < -0.3 is 34.5 Å². The fraction of sp³-hybridized carbons (Fsp3) is 0.621. The number of rotatable bonds is 10. The molecule has 0 saturated heterocycles. The van der Waals surface area contributed by atoms with Crippen molar-refractivity contribution in [2.75, 3.05) is 20.8 Å². The summed E-state index contributed by atoms with van der Waals surface area (Å²) in [6.45, 7) is 20.9. The summed E-state index contributed by atoms with van der Waals surface area (Å²) in [7, 11) is 2.87. The summed E-state index contributed by atoms with van der Waals surface area (Å²) in [5.41, 5.74) is -1.90. The van der Waals surface area contributed by atoms with Gasteiger partial charge in [-0.1, -0.05) is 19.9 Å². The maximum atomic E-state index is 13.5. The molecular weight excluding hydrogens is 534 g/mol. The molecule has 0 aromatic carbocycles. The first-order valence-electron chi connectivity index (χ1n) is 13.4. The molecule has 2 saturated carbocycles. The van der Waals surface area contributed by atoms with Gasteiger partial charge in [0.1, 0.15) is 17.2 Å². The SMILES string of the molecule is C=C.C=C[C@@H]1C[C@]1(NC(=O)[C@@H]1C[C@@H](Oc2cc(OC)nc(OC)n2)C[C@H]1C(=O)OC(C)(C)C)C(=O)OCC.CC.O.[HH]. The van der Waals surface area contributed by atoms with Crippen molar-refractivity contribution in [3.8, 4) is 17.8 Å². The summed E-state index contributed by atoms with van der Waals surface area (Å²) in [4.78, 5) is 47.4. The molecule has 2 fully saturated rings. The minimum Gasteiger partial charge on any atom is -0.481 e. The molecule has 2 aliphatic carbocycles. The van der Waals surface area contributed by atoms with Crippen LogP contribution in [-0.4, -0.2) is 71.4 Å². The largest absolute Gasteiger partial charge is 0.481 e. The summed E-state index contributed by atoms with van der Waals surface area (Å²) >= 11 is 0. The second-order valence-electron chi connectivity index (χ2n) is 9.92. The van der Waals surface area contributed by atoms with Crippen LogP contribution in [0.5, 0.6) is 17.8 Å². The number of carbonyl (C=O) groups is 3. The molecule has 0 bridgehead atoms. The smallest absolute Gasteiger partial charge is 0.332 e. The highest BCUT2D eigenvalue weighted by Gasteiger charge is 2.62. The van der Waals surface area contributed by atoms with Crippen molar-refractivity contribution in [3.63, 3.8) is 0 Å². The predicted octanol–water partition coefficient (Wildman–Crippen LogP) is 3.48. The van der Waals surface area contributed by atoms with E-state index in [1.807, 2.05) is 13.8 Å². The van der Waals surface area contributed by atoms with Crippen LogP contribution in [0.25, 0.3) is 0 Å². The van der Waals surface area contributed by atoms with E-state index in [4.69, 9.17) is 23.7 Å². The predicted molar refractivity (Wildman–Crippen MR) is 156 cm³/mol. The monoisotopic (exact) mass is 583 g/mol. The Hall–Kier alpha value is -3.67. The zero-order valence-electron chi connectivity index (χ0n) is 25.6. The Labute approximate surface area is 244 Å². The summed E-state index contributed by atoms with van der Waals surface area (Å²) in [6, 6.07) is 1.55. The van der Waals surface area contributed by atoms with Crippen molar-refractivity contribution in [2.45, 2.75) is 78.0 Å². The van der Waals surface area contributed by atoms with E-state index in [0.29, 0.717) is 6.42 Å². The lowest BCUT2D eigenvalue weighted by Crippen LogP contribution is -2.49. The van der Waals surface area contributed by atoms with Crippen LogP contribution in [-0.2, 0) is 23.9 Å². The van der Waals surface area contributed by atoms with E-state index in [0.717, 1.165) is 0 Å². The van der Waals surface area contributed by atoms with Gasteiger partial charge in [0.05, 0.1) is 38.7 Å². The molecule has 3 rings (SSSR count). The van der Waals surface area contributed by atoms with Gasteiger partial charge in [0.15, 0.2) is 0 Å². The Morgan fingerprint density at radius 2 is 1.68 bits per heavy atom. The van der Waals surface area contributed by atoms with Gasteiger partial charge in [-0.05, 0) is 47.0 Å². The van der Waals surface area contributed by atoms with E-state index in [-0.39, 0.29) is 50.0 Å². The lowest BCUT2D eigenvalue weighted by Gasteiger charge is -2.25. The number of amides is 1. The number of methoxy groups -OCH3 is 2. The van der Waals surface area contributed by atoms with Crippen LogP contribution in [0.15, 0.2) is 31.9 Å². The number of aromatic nitrogens is 2. The fourth-order valence-corrected chi connectivity index (χ4v) is 4.40. The quantitative estimate of drug-likeness (QED) is 0.318. The highest BCUT2D eigenvalue weighted by Crippen LogP contribution is 2.46. The van der Waals surface area contributed by atoms with Gasteiger partial charge in [0.2, 0.25) is 17.7 Å². The topological polar surface area (TPSA) is 167 Å². The number of hydrogen-bond donors (Lipinski definition) is 1. The molecule has 12 nitrogen and oxygen atoms in total. The molecule has 234 valence electrons. The Balaban J connectivity index is 0. The molecule has 1 amide bonds. The molecule has 0 spiro atoms. The standard InChI is InChI=1S/C25H35N3O8.C2H6.C2H4.H2O.H2/c1-8-14-13-25(14,22(31)34-9-2)28-20(29)16-10-15(11-17(16)21(30)36-24(3,4)5)35-19-12-18(32-6)26-23(27-19)33-7;2*1-2;;/h8,12,14-17H,1,9-11,13H2,2-7H3,(H,28,29);1-2H3;1-2H2;1H2;1H/t14-,15-,16-,17-,25-;;;;/m1..../s1. The highest BCUT2D eigenvalue weighted by atomic mass is 16.6. The van der Waals surface area contributed by atoms with Gasteiger partial charge in [0.25, 0.3) is 0 Å². The Morgan fingerprint density at radius 3 is 2.17 bits per heavy atom. The first kappa shape index (κ1) is 37.3. The Kier molecular flexibility index (Phi) is 15.1. The summed E-state index contributed by atoms with van der Waals surface area (Å²) in [5, 5.41) is 2.85.